The van der Waals surface area contributed by atoms with Crippen molar-refractivity contribution < 1.29 is 18.3 Å². The van der Waals surface area contributed by atoms with Gasteiger partial charge in [-0.15, -0.1) is 0 Å². The molecule has 0 aliphatic carbocycles. The zero-order valence-electron chi connectivity index (χ0n) is 13.2. The van der Waals surface area contributed by atoms with Crippen LogP contribution in [0.25, 0.3) is 0 Å². The Balaban J connectivity index is 1.80. The van der Waals surface area contributed by atoms with Gasteiger partial charge in [0.15, 0.2) is 10.8 Å². The molecule has 7 nitrogen and oxygen atoms in total. The fourth-order valence-electron chi connectivity index (χ4n) is 2.30. The molecule has 3 aromatic rings. The average molecular weight is 357 g/mol. The lowest BCUT2D eigenvalue weighted by molar-refractivity contribution is 0.103. The summed E-state index contributed by atoms with van der Waals surface area (Å²) < 4.78 is 28.3. The van der Waals surface area contributed by atoms with Crippen molar-refractivity contribution in [1.82, 2.24) is 9.78 Å². The molecule has 2 N–H and O–H groups in total. The first kappa shape index (κ1) is 16.7. The van der Waals surface area contributed by atoms with Crippen LogP contribution in [0.4, 0.5) is 5.69 Å². The number of hydrogen-bond donors (Lipinski definition) is 2. The lowest BCUT2D eigenvalue weighted by Crippen LogP contribution is -2.16. The number of carbonyl (C=O) groups excluding carboxylic acids is 1. The molecule has 0 aliphatic rings. The van der Waals surface area contributed by atoms with E-state index in [0.29, 0.717) is 16.8 Å². The minimum Gasteiger partial charge on any atom is -0.508 e. The number of nitrogens with one attached hydrogen (secondary N) is 1. The van der Waals surface area contributed by atoms with Crippen LogP contribution in [0.3, 0.4) is 0 Å². The van der Waals surface area contributed by atoms with Gasteiger partial charge in [-0.1, -0.05) is 0 Å². The van der Waals surface area contributed by atoms with Gasteiger partial charge in [0.05, 0.1) is 6.20 Å². The topological polar surface area (TPSA) is 101 Å². The highest BCUT2D eigenvalue weighted by Crippen LogP contribution is 2.18. The molecule has 0 unspecified atom stereocenters. The number of phenolic OH excluding ortho intramolecular Hbond substituents is 1. The van der Waals surface area contributed by atoms with Gasteiger partial charge in [0.2, 0.25) is 0 Å². The van der Waals surface area contributed by atoms with E-state index in [4.69, 9.17) is 0 Å². The van der Waals surface area contributed by atoms with Crippen molar-refractivity contribution in [3.63, 3.8) is 0 Å². The van der Waals surface area contributed by atoms with Gasteiger partial charge in [0.25, 0.3) is 10.0 Å². The lowest BCUT2D eigenvalue weighted by atomic mass is 10.0. The number of ketones is 1. The first-order valence-electron chi connectivity index (χ1n) is 7.31. The normalized spacial score (nSPS) is 11.2. The van der Waals surface area contributed by atoms with Crippen LogP contribution >= 0.6 is 0 Å². The molecular formula is C17H15N3O4S. The minimum atomic E-state index is -3.75. The lowest BCUT2D eigenvalue weighted by Gasteiger charge is -2.09. The summed E-state index contributed by atoms with van der Waals surface area (Å²) in [6, 6.07) is 13.4. The Hall–Kier alpha value is -3.13. The molecule has 0 aliphatic heterocycles. The zero-order valence-corrected chi connectivity index (χ0v) is 14.1. The molecule has 0 amide bonds. The predicted molar refractivity (Wildman–Crippen MR) is 92.0 cm³/mol. The van der Waals surface area contributed by atoms with E-state index in [1.54, 1.807) is 0 Å². The van der Waals surface area contributed by atoms with Crippen molar-refractivity contribution in [2.24, 2.45) is 7.05 Å². The summed E-state index contributed by atoms with van der Waals surface area (Å²) in [5.74, 6) is -0.141. The van der Waals surface area contributed by atoms with Crippen LogP contribution in [0.15, 0.2) is 65.8 Å². The van der Waals surface area contributed by atoms with Gasteiger partial charge in [0, 0.05) is 23.9 Å². The van der Waals surface area contributed by atoms with Crippen LogP contribution in [0.2, 0.25) is 0 Å². The molecule has 1 heterocycles. The van der Waals surface area contributed by atoms with Crippen LogP contribution in [0.1, 0.15) is 15.9 Å². The highest BCUT2D eigenvalue weighted by atomic mass is 32.2. The highest BCUT2D eigenvalue weighted by Gasteiger charge is 2.18. The molecular weight excluding hydrogens is 342 g/mol. The number of aromatic hydroxyl groups is 1. The zero-order chi connectivity index (χ0) is 18.0. The summed E-state index contributed by atoms with van der Waals surface area (Å²) in [5.41, 5.74) is 1.18. The van der Waals surface area contributed by atoms with Gasteiger partial charge in [-0.05, 0) is 54.6 Å². The fraction of sp³-hybridized carbons (Fsp3) is 0.0588. The number of aromatic nitrogens is 2. The van der Waals surface area contributed by atoms with Gasteiger partial charge in [-0.3, -0.25) is 14.2 Å². The van der Waals surface area contributed by atoms with Gasteiger partial charge >= 0.3 is 0 Å². The molecule has 3 rings (SSSR count). The summed E-state index contributed by atoms with van der Waals surface area (Å²) in [6.07, 6.45) is 1.40. The SMILES string of the molecule is Cn1nccc1S(=O)(=O)Nc1ccc(C(=O)c2ccc(O)cc2)cc1. The molecule has 0 spiro atoms. The molecule has 0 atom stereocenters. The smallest absolute Gasteiger partial charge is 0.279 e. The van der Waals surface area contributed by atoms with E-state index in [-0.39, 0.29) is 16.6 Å². The van der Waals surface area contributed by atoms with E-state index < -0.39 is 10.0 Å². The third-order valence-electron chi connectivity index (χ3n) is 3.58. The number of rotatable bonds is 5. The maximum absolute atomic E-state index is 12.4. The molecule has 1 aromatic heterocycles. The average Bonchev–Trinajstić information content (AvgIpc) is 3.02. The minimum absolute atomic E-state index is 0.0387. The maximum Gasteiger partial charge on any atom is 0.279 e. The Morgan fingerprint density at radius 3 is 2.08 bits per heavy atom. The van der Waals surface area contributed by atoms with E-state index in [1.807, 2.05) is 0 Å². The van der Waals surface area contributed by atoms with Gasteiger partial charge in [0.1, 0.15) is 5.75 Å². The van der Waals surface area contributed by atoms with Crippen molar-refractivity contribution in [2.75, 3.05) is 4.72 Å². The van der Waals surface area contributed by atoms with Crippen LogP contribution in [0.5, 0.6) is 5.75 Å². The van der Waals surface area contributed by atoms with Crippen molar-refractivity contribution >= 4 is 21.5 Å². The van der Waals surface area contributed by atoms with Crippen LogP contribution in [0, 0.1) is 0 Å². The van der Waals surface area contributed by atoms with E-state index in [9.17, 15) is 18.3 Å². The number of benzene rings is 2. The first-order valence-corrected chi connectivity index (χ1v) is 8.80. The van der Waals surface area contributed by atoms with Crippen molar-refractivity contribution in [1.29, 1.82) is 0 Å². The van der Waals surface area contributed by atoms with Crippen molar-refractivity contribution in [2.45, 2.75) is 5.03 Å². The molecule has 8 heteroatoms. The van der Waals surface area contributed by atoms with Crippen molar-refractivity contribution in [3.8, 4) is 5.75 Å². The van der Waals surface area contributed by atoms with E-state index in [0.717, 1.165) is 0 Å². The van der Waals surface area contributed by atoms with Crippen LogP contribution in [-0.4, -0.2) is 29.1 Å². The van der Waals surface area contributed by atoms with Crippen LogP contribution < -0.4 is 4.72 Å². The Bertz CT molecular complexity index is 1010. The Morgan fingerprint density at radius 2 is 1.56 bits per heavy atom. The molecule has 0 saturated heterocycles. The van der Waals surface area contributed by atoms with E-state index in [1.165, 1.54) is 72.5 Å². The number of carbonyl (C=O) groups is 1. The third-order valence-corrected chi connectivity index (χ3v) is 5.04. The summed E-state index contributed by atoms with van der Waals surface area (Å²) in [4.78, 5) is 12.4. The number of aryl methyl sites for hydroxylation is 1. The molecule has 25 heavy (non-hydrogen) atoms. The summed E-state index contributed by atoms with van der Waals surface area (Å²) in [5, 5.41) is 13.1. The molecule has 0 fully saturated rings. The largest absolute Gasteiger partial charge is 0.508 e. The second-order valence-corrected chi connectivity index (χ2v) is 6.98. The Kier molecular flexibility index (Phi) is 4.28. The molecule has 0 bridgehead atoms. The number of phenols is 1. The Labute approximate surface area is 144 Å². The van der Waals surface area contributed by atoms with E-state index in [2.05, 4.69) is 9.82 Å². The number of sulfonamides is 1. The predicted octanol–water partition coefficient (Wildman–Crippen LogP) is 2.16. The Morgan fingerprint density at radius 1 is 1.00 bits per heavy atom. The summed E-state index contributed by atoms with van der Waals surface area (Å²) in [7, 11) is -2.22. The second kappa shape index (κ2) is 6.40. The quantitative estimate of drug-likeness (QED) is 0.682. The molecule has 2 aromatic carbocycles. The number of anilines is 1. The van der Waals surface area contributed by atoms with Crippen molar-refractivity contribution in [3.05, 3.63) is 71.9 Å². The number of nitrogens with zero attached hydrogens (tertiary/aromatic N) is 2. The molecule has 0 radical (unpaired) electrons. The molecule has 0 saturated carbocycles. The third kappa shape index (κ3) is 3.53. The van der Waals surface area contributed by atoms with Gasteiger partial charge in [-0.25, -0.2) is 0 Å². The number of hydrogen-bond acceptors (Lipinski definition) is 5. The monoisotopic (exact) mass is 357 g/mol. The van der Waals surface area contributed by atoms with Gasteiger partial charge in [-0.2, -0.15) is 13.5 Å². The fourth-order valence-corrected chi connectivity index (χ4v) is 3.49. The maximum atomic E-state index is 12.4. The van der Waals surface area contributed by atoms with Gasteiger partial charge < -0.3 is 5.11 Å². The second-order valence-electron chi connectivity index (χ2n) is 5.35. The standard InChI is InChI=1S/C17H15N3O4S/c1-20-16(10-11-18-20)25(23,24)19-14-6-2-12(3-7-14)17(22)13-4-8-15(21)9-5-13/h2-11,19,21H,1H3. The van der Waals surface area contributed by atoms with Crippen LogP contribution in [-0.2, 0) is 17.1 Å². The first-order chi connectivity index (χ1) is 11.9. The summed E-state index contributed by atoms with van der Waals surface area (Å²) in [6.45, 7) is 0. The van der Waals surface area contributed by atoms with E-state index >= 15 is 0 Å². The summed E-state index contributed by atoms with van der Waals surface area (Å²) >= 11 is 0. The highest BCUT2D eigenvalue weighted by molar-refractivity contribution is 7.92. The molecule has 128 valence electrons.